The standard InChI is InChI=1S/C16H25NO3/c1-12-6-4-5-9-17(12)11-15(18)14-8-7-13(19-2)10-16(14)20-3/h7-8,10,12,15,18H,4-6,9,11H2,1-3H3. The Bertz CT molecular complexity index is 436. The van der Waals surface area contributed by atoms with Crippen molar-refractivity contribution in [3.8, 4) is 11.5 Å². The summed E-state index contributed by atoms with van der Waals surface area (Å²) in [6.07, 6.45) is 3.19. The predicted molar refractivity (Wildman–Crippen MR) is 79.4 cm³/mol. The van der Waals surface area contributed by atoms with Gasteiger partial charge in [0.05, 0.1) is 20.3 Å². The Morgan fingerprint density at radius 1 is 1.30 bits per heavy atom. The third-order valence-corrected chi connectivity index (χ3v) is 4.15. The first-order valence-corrected chi connectivity index (χ1v) is 7.29. The molecule has 1 heterocycles. The number of methoxy groups -OCH3 is 2. The Hall–Kier alpha value is -1.26. The summed E-state index contributed by atoms with van der Waals surface area (Å²) in [6, 6.07) is 6.11. The molecule has 0 radical (unpaired) electrons. The van der Waals surface area contributed by atoms with Crippen molar-refractivity contribution in [1.82, 2.24) is 4.90 Å². The number of piperidine rings is 1. The van der Waals surface area contributed by atoms with Crippen LogP contribution in [0.1, 0.15) is 37.9 Å². The van der Waals surface area contributed by atoms with E-state index in [0.717, 1.165) is 17.9 Å². The molecule has 1 aliphatic rings. The molecule has 0 spiro atoms. The molecule has 0 aliphatic carbocycles. The van der Waals surface area contributed by atoms with E-state index in [1.165, 1.54) is 19.3 Å². The van der Waals surface area contributed by atoms with Crippen LogP contribution >= 0.6 is 0 Å². The minimum absolute atomic E-state index is 0.531. The van der Waals surface area contributed by atoms with Crippen molar-refractivity contribution in [2.45, 2.75) is 38.3 Å². The lowest BCUT2D eigenvalue weighted by molar-refractivity contribution is 0.0718. The molecule has 0 aromatic heterocycles. The monoisotopic (exact) mass is 279 g/mol. The lowest BCUT2D eigenvalue weighted by Crippen LogP contribution is -2.40. The maximum Gasteiger partial charge on any atom is 0.128 e. The fourth-order valence-electron chi connectivity index (χ4n) is 2.84. The van der Waals surface area contributed by atoms with E-state index >= 15 is 0 Å². The first-order valence-electron chi connectivity index (χ1n) is 7.29. The van der Waals surface area contributed by atoms with Gasteiger partial charge in [-0.05, 0) is 38.4 Å². The minimum atomic E-state index is -0.531. The SMILES string of the molecule is COc1ccc(C(O)CN2CCCCC2C)c(OC)c1. The van der Waals surface area contributed by atoms with Crippen molar-refractivity contribution in [3.05, 3.63) is 23.8 Å². The van der Waals surface area contributed by atoms with Crippen molar-refractivity contribution in [1.29, 1.82) is 0 Å². The highest BCUT2D eigenvalue weighted by Gasteiger charge is 2.23. The van der Waals surface area contributed by atoms with Crippen LogP contribution in [0.5, 0.6) is 11.5 Å². The van der Waals surface area contributed by atoms with Gasteiger partial charge in [-0.3, -0.25) is 4.90 Å². The van der Waals surface area contributed by atoms with Crippen LogP contribution in [0.25, 0.3) is 0 Å². The van der Waals surface area contributed by atoms with Gasteiger partial charge in [-0.1, -0.05) is 6.42 Å². The molecule has 0 amide bonds. The van der Waals surface area contributed by atoms with Gasteiger partial charge in [0.1, 0.15) is 11.5 Å². The number of likely N-dealkylation sites (tertiary alicyclic amines) is 1. The van der Waals surface area contributed by atoms with Crippen molar-refractivity contribution >= 4 is 0 Å². The highest BCUT2D eigenvalue weighted by atomic mass is 16.5. The normalized spacial score (nSPS) is 21.5. The minimum Gasteiger partial charge on any atom is -0.497 e. The number of rotatable bonds is 5. The van der Waals surface area contributed by atoms with Gasteiger partial charge in [-0.2, -0.15) is 0 Å². The predicted octanol–water partition coefficient (Wildman–Crippen LogP) is 2.61. The van der Waals surface area contributed by atoms with E-state index < -0.39 is 6.10 Å². The number of benzene rings is 1. The molecule has 0 bridgehead atoms. The zero-order valence-electron chi connectivity index (χ0n) is 12.6. The number of nitrogens with zero attached hydrogens (tertiary/aromatic N) is 1. The summed E-state index contributed by atoms with van der Waals surface area (Å²) in [4.78, 5) is 2.36. The zero-order chi connectivity index (χ0) is 14.5. The van der Waals surface area contributed by atoms with Crippen molar-refractivity contribution in [2.75, 3.05) is 27.3 Å². The number of hydrogen-bond acceptors (Lipinski definition) is 4. The van der Waals surface area contributed by atoms with Crippen LogP contribution in [0.15, 0.2) is 18.2 Å². The number of hydrogen-bond donors (Lipinski definition) is 1. The highest BCUT2D eigenvalue weighted by molar-refractivity contribution is 5.42. The van der Waals surface area contributed by atoms with Gasteiger partial charge in [0.2, 0.25) is 0 Å². The summed E-state index contributed by atoms with van der Waals surface area (Å²) in [6.45, 7) is 3.96. The van der Waals surface area contributed by atoms with E-state index in [0.29, 0.717) is 18.3 Å². The summed E-state index contributed by atoms with van der Waals surface area (Å²) in [5.41, 5.74) is 0.825. The van der Waals surface area contributed by atoms with Gasteiger partial charge in [0, 0.05) is 24.2 Å². The molecule has 1 N–H and O–H groups in total. The maximum absolute atomic E-state index is 10.5. The smallest absolute Gasteiger partial charge is 0.128 e. The second-order valence-corrected chi connectivity index (χ2v) is 5.46. The molecule has 4 nitrogen and oxygen atoms in total. The average Bonchev–Trinajstić information content (AvgIpc) is 2.48. The van der Waals surface area contributed by atoms with Gasteiger partial charge in [0.25, 0.3) is 0 Å². The van der Waals surface area contributed by atoms with E-state index in [1.807, 2.05) is 18.2 Å². The van der Waals surface area contributed by atoms with Crippen LogP contribution in [0, 0.1) is 0 Å². The van der Waals surface area contributed by atoms with Crippen LogP contribution in [0.4, 0.5) is 0 Å². The third-order valence-electron chi connectivity index (χ3n) is 4.15. The van der Waals surface area contributed by atoms with E-state index in [-0.39, 0.29) is 0 Å². The molecule has 1 saturated heterocycles. The Balaban J connectivity index is 2.09. The summed E-state index contributed by atoms with van der Waals surface area (Å²) >= 11 is 0. The van der Waals surface area contributed by atoms with Gasteiger partial charge >= 0.3 is 0 Å². The molecule has 1 aliphatic heterocycles. The molecule has 20 heavy (non-hydrogen) atoms. The van der Waals surface area contributed by atoms with E-state index in [4.69, 9.17) is 9.47 Å². The van der Waals surface area contributed by atoms with Crippen LogP contribution in [-0.4, -0.2) is 43.4 Å². The number of aliphatic hydroxyl groups excluding tert-OH is 1. The Kier molecular flexibility index (Phi) is 5.26. The maximum atomic E-state index is 10.5. The van der Waals surface area contributed by atoms with Crippen LogP contribution < -0.4 is 9.47 Å². The van der Waals surface area contributed by atoms with Gasteiger partial charge in [0.15, 0.2) is 0 Å². The van der Waals surface area contributed by atoms with E-state index in [9.17, 15) is 5.11 Å². The molecule has 4 heteroatoms. The molecule has 0 saturated carbocycles. The number of aliphatic hydroxyl groups is 1. The number of β-amino-alcohol motifs (C(OH)–C–C–N with tert-alkyl or cyclic N) is 1. The molecule has 1 aromatic carbocycles. The van der Waals surface area contributed by atoms with Gasteiger partial charge < -0.3 is 14.6 Å². The topological polar surface area (TPSA) is 41.9 Å². The van der Waals surface area contributed by atoms with Crippen LogP contribution in [0.2, 0.25) is 0 Å². The first-order chi connectivity index (χ1) is 9.65. The zero-order valence-corrected chi connectivity index (χ0v) is 12.6. The molecule has 2 atom stereocenters. The van der Waals surface area contributed by atoms with Crippen molar-refractivity contribution < 1.29 is 14.6 Å². The molecule has 2 unspecified atom stereocenters. The molecule has 112 valence electrons. The number of ether oxygens (including phenoxy) is 2. The van der Waals surface area contributed by atoms with Gasteiger partial charge in [-0.15, -0.1) is 0 Å². The Morgan fingerprint density at radius 2 is 2.10 bits per heavy atom. The lowest BCUT2D eigenvalue weighted by atomic mass is 10.0. The highest BCUT2D eigenvalue weighted by Crippen LogP contribution is 2.31. The summed E-state index contributed by atoms with van der Waals surface area (Å²) in [7, 11) is 3.24. The fraction of sp³-hybridized carbons (Fsp3) is 0.625. The second-order valence-electron chi connectivity index (χ2n) is 5.46. The molecule has 1 fully saturated rings. The lowest BCUT2D eigenvalue weighted by Gasteiger charge is -2.34. The quantitative estimate of drug-likeness (QED) is 0.899. The summed E-state index contributed by atoms with van der Waals surface area (Å²) in [5, 5.41) is 10.5. The van der Waals surface area contributed by atoms with Crippen molar-refractivity contribution in [2.24, 2.45) is 0 Å². The second kappa shape index (κ2) is 6.95. The Labute approximate surface area is 121 Å². The molecule has 2 rings (SSSR count). The average molecular weight is 279 g/mol. The van der Waals surface area contributed by atoms with E-state index in [1.54, 1.807) is 14.2 Å². The fourth-order valence-corrected chi connectivity index (χ4v) is 2.84. The molecular weight excluding hydrogens is 254 g/mol. The van der Waals surface area contributed by atoms with Crippen LogP contribution in [0.3, 0.4) is 0 Å². The third kappa shape index (κ3) is 3.44. The largest absolute Gasteiger partial charge is 0.497 e. The summed E-state index contributed by atoms with van der Waals surface area (Å²) < 4.78 is 10.6. The van der Waals surface area contributed by atoms with Crippen molar-refractivity contribution in [3.63, 3.8) is 0 Å². The van der Waals surface area contributed by atoms with E-state index in [2.05, 4.69) is 11.8 Å². The first kappa shape index (κ1) is 15.1. The molecule has 1 aromatic rings. The molecular formula is C16H25NO3. The van der Waals surface area contributed by atoms with Gasteiger partial charge in [-0.25, -0.2) is 0 Å². The van der Waals surface area contributed by atoms with Crippen LogP contribution in [-0.2, 0) is 0 Å². The Morgan fingerprint density at radius 3 is 2.75 bits per heavy atom. The summed E-state index contributed by atoms with van der Waals surface area (Å²) in [5.74, 6) is 1.42.